The lowest BCUT2D eigenvalue weighted by Gasteiger charge is -2.71. The van der Waals surface area contributed by atoms with Gasteiger partial charge in [-0.1, -0.05) is 46.8 Å². The van der Waals surface area contributed by atoms with Crippen molar-refractivity contribution in [2.75, 3.05) is 13.2 Å². The summed E-state index contributed by atoms with van der Waals surface area (Å²) in [6, 6.07) is 0. The third kappa shape index (κ3) is 3.80. The molecule has 39 heavy (non-hydrogen) atoms. The number of hydrogen-bond acceptors (Lipinski definition) is 7. The van der Waals surface area contributed by atoms with Crippen LogP contribution in [0.1, 0.15) is 79.6 Å². The fraction of sp³-hybridized carbons (Fsp3) is 0.875. The van der Waals surface area contributed by atoms with Gasteiger partial charge in [0, 0.05) is 10.8 Å². The second kappa shape index (κ2) is 9.89. The van der Waals surface area contributed by atoms with Crippen molar-refractivity contribution >= 4 is 0 Å². The van der Waals surface area contributed by atoms with E-state index >= 15 is 0 Å². The third-order valence-corrected chi connectivity index (χ3v) is 13.5. The Morgan fingerprint density at radius 1 is 0.744 bits per heavy atom. The Hall–Kier alpha value is -0.800. The molecule has 7 heteroatoms. The van der Waals surface area contributed by atoms with Crippen molar-refractivity contribution in [3.05, 3.63) is 25.3 Å². The van der Waals surface area contributed by atoms with E-state index in [9.17, 15) is 35.7 Å². The van der Waals surface area contributed by atoms with Gasteiger partial charge in [-0.2, -0.15) is 0 Å². The van der Waals surface area contributed by atoms with E-state index in [2.05, 4.69) is 20.1 Å². The molecule has 0 aliphatic heterocycles. The zero-order chi connectivity index (χ0) is 29.4. The monoisotopic (exact) mass is 550 g/mol. The topological polar surface area (TPSA) is 142 Å². The van der Waals surface area contributed by atoms with Gasteiger partial charge < -0.3 is 35.7 Å². The van der Waals surface area contributed by atoms with Gasteiger partial charge in [0.2, 0.25) is 0 Å². The maximum Gasteiger partial charge on any atom is 0.0911 e. The summed E-state index contributed by atoms with van der Waals surface area (Å²) in [4.78, 5) is 0. The van der Waals surface area contributed by atoms with E-state index in [1.807, 2.05) is 39.8 Å². The van der Waals surface area contributed by atoms with Gasteiger partial charge in [0.05, 0.1) is 49.1 Å². The van der Waals surface area contributed by atoms with E-state index < -0.39 is 69.6 Å². The molecule has 4 aliphatic carbocycles. The lowest BCUT2D eigenvalue weighted by atomic mass is 9.34. The van der Waals surface area contributed by atoms with Crippen molar-refractivity contribution in [1.82, 2.24) is 0 Å². The number of aliphatic hydroxyl groups is 7. The molecule has 0 bridgehead atoms. The van der Waals surface area contributed by atoms with Gasteiger partial charge >= 0.3 is 0 Å². The number of hydrogen-bond donors (Lipinski definition) is 7. The summed E-state index contributed by atoms with van der Waals surface area (Å²) in [6.45, 7) is 17.8. The zero-order valence-corrected chi connectivity index (χ0v) is 24.7. The average molecular weight is 551 g/mol. The van der Waals surface area contributed by atoms with Gasteiger partial charge in [0.1, 0.15) is 0 Å². The summed E-state index contributed by atoms with van der Waals surface area (Å²) >= 11 is 0. The second-order valence-electron chi connectivity index (χ2n) is 15.2. The molecule has 4 saturated carbocycles. The highest BCUT2D eigenvalue weighted by Gasteiger charge is 2.72. The minimum Gasteiger partial charge on any atom is -0.396 e. The van der Waals surface area contributed by atoms with Crippen LogP contribution in [-0.2, 0) is 0 Å². The van der Waals surface area contributed by atoms with Crippen LogP contribution in [0.2, 0.25) is 0 Å². The molecule has 224 valence electrons. The van der Waals surface area contributed by atoms with Gasteiger partial charge in [-0.3, -0.25) is 0 Å². The quantitative estimate of drug-likeness (QED) is 0.252. The van der Waals surface area contributed by atoms with Crippen LogP contribution in [-0.4, -0.2) is 79.5 Å². The van der Waals surface area contributed by atoms with Gasteiger partial charge in [0.15, 0.2) is 0 Å². The molecule has 0 aromatic rings. The standard InChI is InChI=1S/C32H54O7/c1-8-10-21-29(6,13-11-20-28(5,17-33)22(35)12-14-31(20,21)9-2)30(7)16-19-15-27(3,4)23(36)25(38)32(19,18-34)26(39)24(30)37/h8-9,19-26,33-39H,1-2,10-18H2,3-7H3/t19?,20?,21?,22-,23-,24-,25-,26+,28+,29+,30-,31-,32+/m0/s1. The van der Waals surface area contributed by atoms with Gasteiger partial charge in [-0.15, -0.1) is 13.2 Å². The Labute approximate surface area is 234 Å². The Morgan fingerprint density at radius 2 is 1.36 bits per heavy atom. The third-order valence-electron chi connectivity index (χ3n) is 13.5. The van der Waals surface area contributed by atoms with Crippen molar-refractivity contribution < 1.29 is 35.7 Å². The van der Waals surface area contributed by atoms with Gasteiger partial charge in [-0.05, 0) is 78.9 Å². The SMILES string of the molecule is C=CCC1[C@@]2(C=C)CC[C@H](O)[C@](C)(CO)C2CC[C@@]1(C)[C@@]1(C)CC2CC(C)(C)[C@@H](O)[C@H](O)[C@]2(CO)[C@H](O)[C@@H]1O. The highest BCUT2D eigenvalue weighted by Crippen LogP contribution is 2.73. The van der Waals surface area contributed by atoms with Crippen molar-refractivity contribution in [3.8, 4) is 0 Å². The first kappa shape index (κ1) is 31.1. The highest BCUT2D eigenvalue weighted by atomic mass is 16.4. The minimum absolute atomic E-state index is 0.00866. The molecular weight excluding hydrogens is 496 g/mol. The van der Waals surface area contributed by atoms with Crippen LogP contribution in [0.3, 0.4) is 0 Å². The molecule has 4 rings (SSSR count). The first-order valence-corrected chi connectivity index (χ1v) is 14.9. The first-order chi connectivity index (χ1) is 18.0. The molecule has 0 heterocycles. The summed E-state index contributed by atoms with van der Waals surface area (Å²) in [5, 5.41) is 78.3. The number of rotatable bonds is 6. The molecule has 4 aliphatic rings. The first-order valence-electron chi connectivity index (χ1n) is 14.9. The predicted octanol–water partition coefficient (Wildman–Crippen LogP) is 2.80. The Kier molecular flexibility index (Phi) is 7.90. The van der Waals surface area contributed by atoms with E-state index in [0.717, 1.165) is 6.42 Å². The molecule has 3 unspecified atom stereocenters. The van der Waals surface area contributed by atoms with Gasteiger partial charge in [-0.25, -0.2) is 0 Å². The van der Waals surface area contributed by atoms with Crippen LogP contribution in [0.15, 0.2) is 25.3 Å². The van der Waals surface area contributed by atoms with Crippen LogP contribution in [0.4, 0.5) is 0 Å². The molecule has 0 aromatic heterocycles. The maximum atomic E-state index is 12.0. The largest absolute Gasteiger partial charge is 0.396 e. The average Bonchev–Trinajstić information content (AvgIpc) is 2.90. The van der Waals surface area contributed by atoms with Crippen molar-refractivity contribution in [2.45, 2.75) is 110 Å². The van der Waals surface area contributed by atoms with E-state index in [-0.39, 0.29) is 24.4 Å². The summed E-state index contributed by atoms with van der Waals surface area (Å²) in [5.41, 5.74) is -4.45. The molecular formula is C32H54O7. The van der Waals surface area contributed by atoms with Crippen LogP contribution in [0.25, 0.3) is 0 Å². The smallest absolute Gasteiger partial charge is 0.0911 e. The molecule has 0 aromatic carbocycles. The van der Waals surface area contributed by atoms with Crippen LogP contribution in [0, 0.1) is 50.2 Å². The van der Waals surface area contributed by atoms with Crippen molar-refractivity contribution in [2.24, 2.45) is 50.2 Å². The number of fused-ring (bicyclic) bond motifs is 2. The Morgan fingerprint density at radius 3 is 1.90 bits per heavy atom. The summed E-state index contributed by atoms with van der Waals surface area (Å²) in [6.07, 6.45) is 2.44. The fourth-order valence-electron chi connectivity index (χ4n) is 10.6. The van der Waals surface area contributed by atoms with Crippen LogP contribution < -0.4 is 0 Å². The zero-order valence-electron chi connectivity index (χ0n) is 24.7. The van der Waals surface area contributed by atoms with Crippen molar-refractivity contribution in [3.63, 3.8) is 0 Å². The molecule has 4 fully saturated rings. The number of aliphatic hydroxyl groups excluding tert-OH is 7. The summed E-state index contributed by atoms with van der Waals surface area (Å²) in [5.74, 6) is -0.364. The Balaban J connectivity index is 1.85. The van der Waals surface area contributed by atoms with E-state index in [1.54, 1.807) is 0 Å². The summed E-state index contributed by atoms with van der Waals surface area (Å²) in [7, 11) is 0. The molecule has 7 nitrogen and oxygen atoms in total. The predicted molar refractivity (Wildman–Crippen MR) is 150 cm³/mol. The lowest BCUT2D eigenvalue weighted by molar-refractivity contribution is -0.306. The molecule has 7 N–H and O–H groups in total. The highest BCUT2D eigenvalue weighted by molar-refractivity contribution is 5.24. The minimum atomic E-state index is -1.43. The molecule has 0 saturated heterocycles. The molecule has 0 spiro atoms. The van der Waals surface area contributed by atoms with Crippen LogP contribution >= 0.6 is 0 Å². The molecule has 0 amide bonds. The Bertz CT molecular complexity index is 953. The summed E-state index contributed by atoms with van der Waals surface area (Å²) < 4.78 is 0. The van der Waals surface area contributed by atoms with Crippen molar-refractivity contribution in [1.29, 1.82) is 0 Å². The number of allylic oxidation sites excluding steroid dienone is 2. The van der Waals surface area contributed by atoms with E-state index in [1.165, 1.54) is 0 Å². The normalized spacial score (nSPS) is 55.3. The van der Waals surface area contributed by atoms with Crippen LogP contribution in [0.5, 0.6) is 0 Å². The lowest BCUT2D eigenvalue weighted by Crippen LogP contribution is -2.74. The van der Waals surface area contributed by atoms with E-state index in [4.69, 9.17) is 0 Å². The van der Waals surface area contributed by atoms with Gasteiger partial charge in [0.25, 0.3) is 0 Å². The van der Waals surface area contributed by atoms with E-state index in [0.29, 0.717) is 38.5 Å². The molecule has 13 atom stereocenters. The maximum absolute atomic E-state index is 12.0. The fourth-order valence-corrected chi connectivity index (χ4v) is 10.6. The molecule has 0 radical (unpaired) electrons. The second-order valence-corrected chi connectivity index (χ2v) is 15.2.